The van der Waals surface area contributed by atoms with Gasteiger partial charge in [0.15, 0.2) is 0 Å². The fourth-order valence-corrected chi connectivity index (χ4v) is 6.30. The van der Waals surface area contributed by atoms with Crippen LogP contribution >= 0.6 is 23.1 Å². The molecule has 1 aliphatic rings. The number of carbonyl (C=O) groups is 1. The molecule has 0 aliphatic carbocycles. The molecule has 1 amide bonds. The van der Waals surface area contributed by atoms with E-state index in [0.717, 1.165) is 27.4 Å². The van der Waals surface area contributed by atoms with Gasteiger partial charge in [-0.05, 0) is 35.7 Å². The molecule has 29 heavy (non-hydrogen) atoms. The lowest BCUT2D eigenvalue weighted by Gasteiger charge is -2.34. The molecule has 0 bridgehead atoms. The minimum absolute atomic E-state index is 0.0537. The van der Waals surface area contributed by atoms with Crippen molar-refractivity contribution in [2.75, 3.05) is 31.9 Å². The fraction of sp³-hybridized carbons (Fsp3) is 0.278. The molecule has 152 valence electrons. The molecule has 11 heteroatoms. The highest BCUT2D eigenvalue weighted by Crippen LogP contribution is 2.29. The summed E-state index contributed by atoms with van der Waals surface area (Å²) in [6.07, 6.45) is 1.49. The summed E-state index contributed by atoms with van der Waals surface area (Å²) in [4.78, 5) is 22.7. The van der Waals surface area contributed by atoms with Crippen LogP contribution in [0.2, 0.25) is 0 Å². The zero-order valence-corrected chi connectivity index (χ0v) is 17.6. The van der Waals surface area contributed by atoms with E-state index in [2.05, 4.69) is 9.97 Å². The molecule has 1 aromatic carbocycles. The van der Waals surface area contributed by atoms with E-state index >= 15 is 0 Å². The van der Waals surface area contributed by atoms with Crippen molar-refractivity contribution in [2.24, 2.45) is 0 Å². The van der Waals surface area contributed by atoms with E-state index in [1.165, 1.54) is 45.9 Å². The van der Waals surface area contributed by atoms with Gasteiger partial charge in [-0.2, -0.15) is 4.31 Å². The number of nitrogens with zero attached hydrogens (tertiary/aromatic N) is 4. The van der Waals surface area contributed by atoms with Gasteiger partial charge in [-0.3, -0.25) is 4.79 Å². The van der Waals surface area contributed by atoms with Gasteiger partial charge < -0.3 is 4.90 Å². The van der Waals surface area contributed by atoms with E-state index in [9.17, 15) is 17.6 Å². The number of piperazine rings is 1. The van der Waals surface area contributed by atoms with Crippen LogP contribution in [0.4, 0.5) is 4.39 Å². The summed E-state index contributed by atoms with van der Waals surface area (Å²) < 4.78 is 40.7. The lowest BCUT2D eigenvalue weighted by molar-refractivity contribution is -0.129. The maximum Gasteiger partial charge on any atom is 0.243 e. The van der Waals surface area contributed by atoms with Gasteiger partial charge in [0, 0.05) is 26.2 Å². The van der Waals surface area contributed by atoms with Crippen molar-refractivity contribution in [1.82, 2.24) is 19.2 Å². The van der Waals surface area contributed by atoms with Gasteiger partial charge in [-0.1, -0.05) is 11.8 Å². The summed E-state index contributed by atoms with van der Waals surface area (Å²) in [6.45, 7) is 1.05. The van der Waals surface area contributed by atoms with Crippen LogP contribution in [0, 0.1) is 5.82 Å². The van der Waals surface area contributed by atoms with Crippen LogP contribution in [-0.2, 0) is 14.8 Å². The third-order valence-electron chi connectivity index (χ3n) is 4.59. The van der Waals surface area contributed by atoms with Crippen LogP contribution in [0.15, 0.2) is 52.0 Å². The molecule has 0 radical (unpaired) electrons. The highest BCUT2D eigenvalue weighted by atomic mass is 32.2. The van der Waals surface area contributed by atoms with Crippen LogP contribution in [0.5, 0.6) is 0 Å². The van der Waals surface area contributed by atoms with Crippen LogP contribution in [0.25, 0.3) is 10.2 Å². The van der Waals surface area contributed by atoms with E-state index in [1.807, 2.05) is 11.4 Å². The Morgan fingerprint density at radius 3 is 2.55 bits per heavy atom. The molecule has 7 nitrogen and oxygen atoms in total. The first-order valence-corrected chi connectivity index (χ1v) is 12.1. The number of aromatic nitrogens is 2. The number of rotatable bonds is 5. The van der Waals surface area contributed by atoms with Crippen LogP contribution in [0.3, 0.4) is 0 Å². The minimum Gasteiger partial charge on any atom is -0.339 e. The molecule has 0 atom stereocenters. The Kier molecular flexibility index (Phi) is 5.81. The minimum atomic E-state index is -3.69. The molecule has 1 fully saturated rings. The summed E-state index contributed by atoms with van der Waals surface area (Å²) in [7, 11) is -3.69. The summed E-state index contributed by atoms with van der Waals surface area (Å²) in [5, 5.41) is 2.71. The maximum absolute atomic E-state index is 13.1. The largest absolute Gasteiger partial charge is 0.339 e. The van der Waals surface area contributed by atoms with Crippen LogP contribution in [-0.4, -0.2) is 65.4 Å². The van der Waals surface area contributed by atoms with Crippen molar-refractivity contribution in [3.63, 3.8) is 0 Å². The highest BCUT2D eigenvalue weighted by Gasteiger charge is 2.30. The Labute approximate surface area is 175 Å². The smallest absolute Gasteiger partial charge is 0.243 e. The van der Waals surface area contributed by atoms with Gasteiger partial charge in [-0.15, -0.1) is 11.3 Å². The summed E-state index contributed by atoms with van der Waals surface area (Å²) in [5.41, 5.74) is 0.861. The van der Waals surface area contributed by atoms with Gasteiger partial charge in [0.2, 0.25) is 15.9 Å². The highest BCUT2D eigenvalue weighted by molar-refractivity contribution is 8.00. The predicted octanol–water partition coefficient (Wildman–Crippen LogP) is 2.46. The molecule has 0 N–H and O–H groups in total. The number of fused-ring (bicyclic) bond motifs is 1. The monoisotopic (exact) mass is 452 g/mol. The first-order valence-electron chi connectivity index (χ1n) is 8.79. The Morgan fingerprint density at radius 1 is 1.10 bits per heavy atom. The number of thioether (sulfide) groups is 1. The third-order valence-corrected chi connectivity index (χ3v) is 8.51. The zero-order valence-electron chi connectivity index (χ0n) is 15.2. The Morgan fingerprint density at radius 2 is 1.83 bits per heavy atom. The van der Waals surface area contributed by atoms with E-state index in [0.29, 0.717) is 13.1 Å². The summed E-state index contributed by atoms with van der Waals surface area (Å²) in [6, 6.07) is 6.68. The molecule has 2 aromatic heterocycles. The first kappa shape index (κ1) is 20.2. The van der Waals surface area contributed by atoms with Crippen molar-refractivity contribution in [2.45, 2.75) is 9.92 Å². The third kappa shape index (κ3) is 4.27. The molecule has 3 aromatic rings. The van der Waals surface area contributed by atoms with E-state index in [-0.39, 0.29) is 29.6 Å². The van der Waals surface area contributed by atoms with Crippen LogP contribution in [0.1, 0.15) is 0 Å². The van der Waals surface area contributed by atoms with Crippen molar-refractivity contribution in [3.05, 3.63) is 47.9 Å². The number of thiophene rings is 1. The standard InChI is InChI=1S/C18H17FN4O3S3/c19-13-1-3-14(4-2-13)29(25,26)23-8-6-22(7-9-23)16(24)11-28-18-17-15(5-10-27-17)20-12-21-18/h1-5,10,12H,6-9,11H2. The van der Waals surface area contributed by atoms with Crippen molar-refractivity contribution in [3.8, 4) is 0 Å². The number of carbonyl (C=O) groups excluding carboxylic acids is 1. The van der Waals surface area contributed by atoms with E-state index < -0.39 is 15.8 Å². The SMILES string of the molecule is O=C(CSc1ncnc2ccsc12)N1CCN(S(=O)(=O)c2ccc(F)cc2)CC1. The summed E-state index contributed by atoms with van der Waals surface area (Å²) in [5.74, 6) is -0.313. The van der Waals surface area contributed by atoms with Crippen LogP contribution < -0.4 is 0 Å². The molecule has 0 unspecified atom stereocenters. The Hall–Kier alpha value is -2.08. The number of hydrogen-bond donors (Lipinski definition) is 0. The molecule has 1 saturated heterocycles. The van der Waals surface area contributed by atoms with Crippen molar-refractivity contribution >= 4 is 49.2 Å². The number of amides is 1. The second-order valence-corrected chi connectivity index (χ2v) is 10.2. The van der Waals surface area contributed by atoms with Gasteiger partial charge in [0.1, 0.15) is 17.2 Å². The summed E-state index contributed by atoms with van der Waals surface area (Å²) >= 11 is 2.90. The number of benzene rings is 1. The van der Waals surface area contributed by atoms with Gasteiger partial charge in [0.25, 0.3) is 0 Å². The molecule has 0 spiro atoms. The van der Waals surface area contributed by atoms with Crippen molar-refractivity contribution in [1.29, 1.82) is 0 Å². The molecular formula is C18H17FN4O3S3. The molecule has 4 rings (SSSR count). The second kappa shape index (κ2) is 8.34. The molecule has 0 saturated carbocycles. The molecule has 1 aliphatic heterocycles. The second-order valence-electron chi connectivity index (χ2n) is 6.34. The van der Waals surface area contributed by atoms with Gasteiger partial charge in [-0.25, -0.2) is 22.8 Å². The number of hydrogen-bond acceptors (Lipinski definition) is 7. The molecular weight excluding hydrogens is 435 g/mol. The topological polar surface area (TPSA) is 83.5 Å². The van der Waals surface area contributed by atoms with E-state index in [1.54, 1.807) is 4.90 Å². The van der Waals surface area contributed by atoms with E-state index in [4.69, 9.17) is 0 Å². The van der Waals surface area contributed by atoms with Gasteiger partial charge in [0.05, 0.1) is 20.9 Å². The fourth-order valence-electron chi connectivity index (χ4n) is 3.02. The van der Waals surface area contributed by atoms with Crippen molar-refractivity contribution < 1.29 is 17.6 Å². The molecule has 3 heterocycles. The Balaban J connectivity index is 1.35. The first-order chi connectivity index (χ1) is 13.9. The predicted molar refractivity (Wildman–Crippen MR) is 110 cm³/mol. The average Bonchev–Trinajstić information content (AvgIpc) is 3.22. The lowest BCUT2D eigenvalue weighted by Crippen LogP contribution is -2.50. The zero-order chi connectivity index (χ0) is 20.4. The number of sulfonamides is 1. The maximum atomic E-state index is 13.1. The number of halogens is 1. The normalized spacial score (nSPS) is 15.7. The average molecular weight is 453 g/mol. The quantitative estimate of drug-likeness (QED) is 0.437. The van der Waals surface area contributed by atoms with Gasteiger partial charge >= 0.3 is 0 Å². The lowest BCUT2D eigenvalue weighted by atomic mass is 10.3. The Bertz CT molecular complexity index is 1130.